The van der Waals surface area contributed by atoms with Gasteiger partial charge in [0, 0.05) is 7.05 Å². The topological polar surface area (TPSA) is 32.3 Å². The molecular formula is C8H16N2O. The maximum Gasteiger partial charge on any atom is 0.317 e. The molecule has 1 rings (SSSR count). The number of carbonyl (C=O) groups excluding carboxylic acids is 1. The summed E-state index contributed by atoms with van der Waals surface area (Å²) in [5.74, 6) is 0. The molecule has 0 spiro atoms. The number of nitrogens with one attached hydrogen (secondary N) is 1. The van der Waals surface area contributed by atoms with Crippen LogP contribution in [0.1, 0.15) is 26.7 Å². The number of rotatable bonds is 2. The molecule has 0 bridgehead atoms. The summed E-state index contributed by atoms with van der Waals surface area (Å²) in [6.45, 7) is 4.22. The van der Waals surface area contributed by atoms with Gasteiger partial charge in [0.1, 0.15) is 0 Å². The van der Waals surface area contributed by atoms with Crippen molar-refractivity contribution in [2.24, 2.45) is 0 Å². The van der Waals surface area contributed by atoms with E-state index in [-0.39, 0.29) is 6.03 Å². The lowest BCUT2D eigenvalue weighted by molar-refractivity contribution is 0.214. The SMILES string of the molecule is CCC1NC(=O)N(C)C1CC. The number of hydrogen-bond acceptors (Lipinski definition) is 1. The van der Waals surface area contributed by atoms with Crippen LogP contribution in [0.25, 0.3) is 0 Å². The van der Waals surface area contributed by atoms with Gasteiger partial charge in [-0.3, -0.25) is 0 Å². The number of urea groups is 1. The molecule has 0 aromatic heterocycles. The van der Waals surface area contributed by atoms with Gasteiger partial charge in [0.25, 0.3) is 0 Å². The molecular weight excluding hydrogens is 140 g/mol. The second-order valence-electron chi connectivity index (χ2n) is 3.05. The largest absolute Gasteiger partial charge is 0.333 e. The molecule has 1 saturated heterocycles. The van der Waals surface area contributed by atoms with E-state index < -0.39 is 0 Å². The van der Waals surface area contributed by atoms with Crippen molar-refractivity contribution in [2.75, 3.05) is 7.05 Å². The van der Waals surface area contributed by atoms with Gasteiger partial charge in [0.15, 0.2) is 0 Å². The molecule has 0 aliphatic carbocycles. The molecule has 3 nitrogen and oxygen atoms in total. The van der Waals surface area contributed by atoms with Gasteiger partial charge in [0.2, 0.25) is 0 Å². The number of nitrogens with zero attached hydrogens (tertiary/aromatic N) is 1. The molecule has 3 heteroatoms. The van der Waals surface area contributed by atoms with Crippen molar-refractivity contribution in [3.63, 3.8) is 0 Å². The third-order valence-electron chi connectivity index (χ3n) is 2.45. The highest BCUT2D eigenvalue weighted by Gasteiger charge is 2.33. The van der Waals surface area contributed by atoms with Gasteiger partial charge in [-0.1, -0.05) is 13.8 Å². The molecule has 1 heterocycles. The summed E-state index contributed by atoms with van der Waals surface area (Å²) in [4.78, 5) is 12.9. The van der Waals surface area contributed by atoms with Crippen LogP contribution in [-0.2, 0) is 0 Å². The zero-order valence-electron chi connectivity index (χ0n) is 7.42. The fourth-order valence-electron chi connectivity index (χ4n) is 1.71. The minimum atomic E-state index is 0.0729. The average Bonchev–Trinajstić information content (AvgIpc) is 2.28. The summed E-state index contributed by atoms with van der Waals surface area (Å²) < 4.78 is 0. The fraction of sp³-hybridized carbons (Fsp3) is 0.875. The van der Waals surface area contributed by atoms with Crippen LogP contribution < -0.4 is 5.32 Å². The molecule has 1 aliphatic heterocycles. The summed E-state index contributed by atoms with van der Waals surface area (Å²) in [6.07, 6.45) is 2.06. The van der Waals surface area contributed by atoms with E-state index in [0.717, 1.165) is 12.8 Å². The van der Waals surface area contributed by atoms with Crippen molar-refractivity contribution < 1.29 is 4.79 Å². The van der Waals surface area contributed by atoms with E-state index >= 15 is 0 Å². The first-order valence-electron chi connectivity index (χ1n) is 4.24. The number of hydrogen-bond donors (Lipinski definition) is 1. The van der Waals surface area contributed by atoms with Gasteiger partial charge < -0.3 is 10.2 Å². The van der Waals surface area contributed by atoms with Crippen LogP contribution in [0, 0.1) is 0 Å². The Morgan fingerprint density at radius 2 is 2.09 bits per heavy atom. The lowest BCUT2D eigenvalue weighted by atomic mass is 10.1. The fourth-order valence-corrected chi connectivity index (χ4v) is 1.71. The van der Waals surface area contributed by atoms with Gasteiger partial charge >= 0.3 is 6.03 Å². The van der Waals surface area contributed by atoms with Crippen molar-refractivity contribution in [3.8, 4) is 0 Å². The van der Waals surface area contributed by atoms with Gasteiger partial charge in [-0.2, -0.15) is 0 Å². The van der Waals surface area contributed by atoms with Gasteiger partial charge in [-0.05, 0) is 12.8 Å². The Morgan fingerprint density at radius 1 is 1.45 bits per heavy atom. The Balaban J connectivity index is 2.64. The molecule has 0 radical (unpaired) electrons. The molecule has 1 fully saturated rings. The first-order valence-corrected chi connectivity index (χ1v) is 4.24. The molecule has 64 valence electrons. The molecule has 1 N–H and O–H groups in total. The Morgan fingerprint density at radius 3 is 2.45 bits per heavy atom. The molecule has 2 atom stereocenters. The van der Waals surface area contributed by atoms with Gasteiger partial charge in [-0.15, -0.1) is 0 Å². The van der Waals surface area contributed by atoms with E-state index in [4.69, 9.17) is 0 Å². The second kappa shape index (κ2) is 3.11. The lowest BCUT2D eigenvalue weighted by Crippen LogP contribution is -2.33. The predicted octanol–water partition coefficient (Wildman–Crippen LogP) is 1.20. The van der Waals surface area contributed by atoms with Crippen LogP contribution in [0.4, 0.5) is 4.79 Å². The number of amides is 2. The van der Waals surface area contributed by atoms with Crippen LogP contribution in [0.3, 0.4) is 0 Å². The van der Waals surface area contributed by atoms with Crippen molar-refractivity contribution >= 4 is 6.03 Å². The third-order valence-corrected chi connectivity index (χ3v) is 2.45. The minimum absolute atomic E-state index is 0.0729. The van der Waals surface area contributed by atoms with Gasteiger partial charge in [0.05, 0.1) is 12.1 Å². The Labute approximate surface area is 67.8 Å². The molecule has 0 saturated carbocycles. The second-order valence-corrected chi connectivity index (χ2v) is 3.05. The average molecular weight is 156 g/mol. The quantitative estimate of drug-likeness (QED) is 0.640. The van der Waals surface area contributed by atoms with E-state index in [1.54, 1.807) is 4.90 Å². The monoisotopic (exact) mass is 156 g/mol. The van der Waals surface area contributed by atoms with Crippen molar-refractivity contribution in [1.82, 2.24) is 10.2 Å². The number of carbonyl (C=O) groups is 1. The van der Waals surface area contributed by atoms with E-state index in [1.807, 2.05) is 7.05 Å². The predicted molar refractivity (Wildman–Crippen MR) is 44.5 cm³/mol. The first kappa shape index (κ1) is 8.37. The smallest absolute Gasteiger partial charge is 0.317 e. The van der Waals surface area contributed by atoms with E-state index in [0.29, 0.717) is 12.1 Å². The van der Waals surface area contributed by atoms with Gasteiger partial charge in [-0.25, -0.2) is 4.79 Å². The Hall–Kier alpha value is -0.730. The zero-order valence-corrected chi connectivity index (χ0v) is 7.42. The minimum Gasteiger partial charge on any atom is -0.333 e. The highest BCUT2D eigenvalue weighted by atomic mass is 16.2. The molecule has 2 amide bonds. The lowest BCUT2D eigenvalue weighted by Gasteiger charge is -2.20. The highest BCUT2D eigenvalue weighted by molar-refractivity contribution is 5.77. The maximum atomic E-state index is 11.1. The summed E-state index contributed by atoms with van der Waals surface area (Å²) >= 11 is 0. The van der Waals surface area contributed by atoms with E-state index in [2.05, 4.69) is 19.2 Å². The maximum absolute atomic E-state index is 11.1. The molecule has 0 aromatic carbocycles. The van der Waals surface area contributed by atoms with Crippen LogP contribution in [0.2, 0.25) is 0 Å². The Kier molecular flexibility index (Phi) is 2.37. The van der Waals surface area contributed by atoms with Crippen LogP contribution in [-0.4, -0.2) is 30.1 Å². The molecule has 0 aromatic rings. The zero-order chi connectivity index (χ0) is 8.43. The van der Waals surface area contributed by atoms with E-state index in [9.17, 15) is 4.79 Å². The molecule has 2 unspecified atom stereocenters. The molecule has 11 heavy (non-hydrogen) atoms. The van der Waals surface area contributed by atoms with E-state index in [1.165, 1.54) is 0 Å². The standard InChI is InChI=1S/C8H16N2O/c1-4-6-7(5-2)10(3)8(11)9-6/h6-7H,4-5H2,1-3H3,(H,9,11). The Bertz CT molecular complexity index is 158. The summed E-state index contributed by atoms with van der Waals surface area (Å²) in [5.41, 5.74) is 0. The number of likely N-dealkylation sites (N-methyl/N-ethyl adjacent to an activating group) is 1. The normalized spacial score (nSPS) is 30.8. The van der Waals surface area contributed by atoms with Crippen molar-refractivity contribution in [2.45, 2.75) is 38.8 Å². The third kappa shape index (κ3) is 1.32. The van der Waals surface area contributed by atoms with Crippen LogP contribution in [0.5, 0.6) is 0 Å². The molecule has 1 aliphatic rings. The summed E-state index contributed by atoms with van der Waals surface area (Å²) in [5, 5.41) is 2.94. The summed E-state index contributed by atoms with van der Waals surface area (Å²) in [6, 6.07) is 0.828. The van der Waals surface area contributed by atoms with Crippen LogP contribution in [0.15, 0.2) is 0 Å². The van der Waals surface area contributed by atoms with Crippen molar-refractivity contribution in [1.29, 1.82) is 0 Å². The van der Waals surface area contributed by atoms with Crippen LogP contribution >= 0.6 is 0 Å². The van der Waals surface area contributed by atoms with Crippen molar-refractivity contribution in [3.05, 3.63) is 0 Å². The summed E-state index contributed by atoms with van der Waals surface area (Å²) in [7, 11) is 1.86. The first-order chi connectivity index (χ1) is 5.20. The highest BCUT2D eigenvalue weighted by Crippen LogP contribution is 2.16.